The number of hydrogen-bond acceptors (Lipinski definition) is 5. The molecular formula is C12H17NO3S. The van der Waals surface area contributed by atoms with Crippen LogP contribution in [-0.4, -0.2) is 43.8 Å². The summed E-state index contributed by atoms with van der Waals surface area (Å²) in [7, 11) is 1.93. The van der Waals surface area contributed by atoms with Gasteiger partial charge in [-0.2, -0.15) is 0 Å². The van der Waals surface area contributed by atoms with Gasteiger partial charge in [-0.3, -0.25) is 4.79 Å². The van der Waals surface area contributed by atoms with Gasteiger partial charge in [0.15, 0.2) is 6.29 Å². The molecule has 1 saturated heterocycles. The van der Waals surface area contributed by atoms with Crippen molar-refractivity contribution in [3.05, 3.63) is 16.3 Å². The van der Waals surface area contributed by atoms with Crippen LogP contribution < -0.4 is 4.90 Å². The average Bonchev–Trinajstić information content (AvgIpc) is 2.78. The minimum atomic E-state index is -0.670. The van der Waals surface area contributed by atoms with E-state index in [0.29, 0.717) is 37.5 Å². The first-order chi connectivity index (χ1) is 8.13. The van der Waals surface area contributed by atoms with Crippen molar-refractivity contribution in [3.8, 4) is 0 Å². The summed E-state index contributed by atoms with van der Waals surface area (Å²) in [5.74, 6) is 0. The van der Waals surface area contributed by atoms with Gasteiger partial charge in [-0.25, -0.2) is 0 Å². The van der Waals surface area contributed by atoms with Crippen molar-refractivity contribution < 1.29 is 14.6 Å². The highest BCUT2D eigenvalue weighted by atomic mass is 32.1. The van der Waals surface area contributed by atoms with Crippen LogP contribution in [-0.2, 0) is 4.74 Å². The van der Waals surface area contributed by atoms with E-state index in [0.717, 1.165) is 12.0 Å². The Hall–Kier alpha value is -0.910. The van der Waals surface area contributed by atoms with Crippen molar-refractivity contribution in [1.29, 1.82) is 0 Å². The number of likely N-dealkylation sites (N-methyl/N-ethyl adjacent to an activating group) is 1. The van der Waals surface area contributed by atoms with Crippen LogP contribution in [0.15, 0.2) is 11.4 Å². The number of carbonyl (C=O) groups is 1. The molecule has 1 aromatic rings. The summed E-state index contributed by atoms with van der Waals surface area (Å²) in [4.78, 5) is 13.3. The summed E-state index contributed by atoms with van der Waals surface area (Å²) in [6, 6.07) is 1.85. The molecule has 1 aliphatic rings. The lowest BCUT2D eigenvalue weighted by Gasteiger charge is -2.35. The van der Waals surface area contributed by atoms with Gasteiger partial charge < -0.3 is 14.7 Å². The quantitative estimate of drug-likeness (QED) is 0.829. The second kappa shape index (κ2) is 5.16. The minimum absolute atomic E-state index is 0.575. The Bertz CT molecular complexity index is 385. The summed E-state index contributed by atoms with van der Waals surface area (Å²) in [6.45, 7) is 1.81. The predicted octanol–water partition coefficient (Wildman–Crippen LogP) is 1.54. The number of aldehydes is 1. The normalized spacial score (nSPS) is 18.9. The third kappa shape index (κ3) is 3.06. The van der Waals surface area contributed by atoms with Gasteiger partial charge in [-0.15, -0.1) is 11.3 Å². The van der Waals surface area contributed by atoms with Crippen LogP contribution in [0.5, 0.6) is 0 Å². The fourth-order valence-corrected chi connectivity index (χ4v) is 2.80. The monoisotopic (exact) mass is 255 g/mol. The summed E-state index contributed by atoms with van der Waals surface area (Å²) >= 11 is 1.42. The largest absolute Gasteiger partial charge is 0.388 e. The van der Waals surface area contributed by atoms with Crippen LogP contribution in [0.25, 0.3) is 0 Å². The van der Waals surface area contributed by atoms with Crippen molar-refractivity contribution in [1.82, 2.24) is 0 Å². The van der Waals surface area contributed by atoms with Crippen molar-refractivity contribution in [2.45, 2.75) is 18.4 Å². The van der Waals surface area contributed by atoms with Gasteiger partial charge in [0.05, 0.1) is 10.5 Å². The number of ether oxygens (including phenoxy) is 1. The molecular weight excluding hydrogens is 238 g/mol. The van der Waals surface area contributed by atoms with Crippen LogP contribution in [0, 0.1) is 0 Å². The predicted molar refractivity (Wildman–Crippen MR) is 68.0 cm³/mol. The van der Waals surface area contributed by atoms with Crippen LogP contribution in [0.1, 0.15) is 22.5 Å². The molecule has 2 heterocycles. The van der Waals surface area contributed by atoms with Gasteiger partial charge in [0.1, 0.15) is 0 Å². The molecule has 4 nitrogen and oxygen atoms in total. The second-order valence-corrected chi connectivity index (χ2v) is 5.46. The maximum Gasteiger partial charge on any atom is 0.160 e. The lowest BCUT2D eigenvalue weighted by molar-refractivity contribution is -0.0572. The zero-order valence-electron chi connectivity index (χ0n) is 9.89. The molecule has 0 saturated carbocycles. The van der Waals surface area contributed by atoms with Gasteiger partial charge in [0.2, 0.25) is 0 Å². The van der Waals surface area contributed by atoms with Gasteiger partial charge >= 0.3 is 0 Å². The molecule has 0 unspecified atom stereocenters. The molecule has 1 fully saturated rings. The molecule has 0 bridgehead atoms. The van der Waals surface area contributed by atoms with Crippen LogP contribution in [0.4, 0.5) is 5.69 Å². The Kier molecular flexibility index (Phi) is 3.81. The van der Waals surface area contributed by atoms with E-state index in [2.05, 4.69) is 0 Å². The molecule has 94 valence electrons. The SMILES string of the molecule is CN(CC1(O)CCOCC1)c1csc(C=O)c1. The summed E-state index contributed by atoms with van der Waals surface area (Å²) < 4.78 is 5.25. The summed E-state index contributed by atoms with van der Waals surface area (Å²) in [5.41, 5.74) is 0.313. The number of rotatable bonds is 4. The highest BCUT2D eigenvalue weighted by Gasteiger charge is 2.31. The fraction of sp³-hybridized carbons (Fsp3) is 0.583. The molecule has 0 amide bonds. The van der Waals surface area contributed by atoms with E-state index in [1.807, 2.05) is 23.4 Å². The number of hydrogen-bond donors (Lipinski definition) is 1. The van der Waals surface area contributed by atoms with E-state index in [4.69, 9.17) is 4.74 Å². The fourth-order valence-electron chi connectivity index (χ4n) is 2.05. The van der Waals surface area contributed by atoms with Crippen LogP contribution >= 0.6 is 11.3 Å². The van der Waals surface area contributed by atoms with Gasteiger partial charge in [-0.1, -0.05) is 0 Å². The molecule has 2 rings (SSSR count). The number of thiophene rings is 1. The van der Waals surface area contributed by atoms with Crippen molar-refractivity contribution in [2.75, 3.05) is 31.7 Å². The standard InChI is InChI=1S/C12H17NO3S/c1-13(10-6-11(7-14)17-8-10)9-12(15)2-4-16-5-3-12/h6-8,15H,2-5,9H2,1H3. The Morgan fingerprint density at radius 3 is 2.88 bits per heavy atom. The first-order valence-electron chi connectivity index (χ1n) is 5.68. The minimum Gasteiger partial charge on any atom is -0.388 e. The maximum absolute atomic E-state index is 10.6. The van der Waals surface area contributed by atoms with E-state index in [1.54, 1.807) is 0 Å². The Morgan fingerprint density at radius 1 is 1.59 bits per heavy atom. The Balaban J connectivity index is 2.00. The van der Waals surface area contributed by atoms with Crippen LogP contribution in [0.2, 0.25) is 0 Å². The summed E-state index contributed by atoms with van der Waals surface area (Å²) in [6.07, 6.45) is 2.19. The van der Waals surface area contributed by atoms with Crippen molar-refractivity contribution in [2.24, 2.45) is 0 Å². The number of nitrogens with zero attached hydrogens (tertiary/aromatic N) is 1. The summed E-state index contributed by atoms with van der Waals surface area (Å²) in [5, 5.41) is 12.3. The van der Waals surface area contributed by atoms with Gasteiger partial charge in [0.25, 0.3) is 0 Å². The first kappa shape index (κ1) is 12.5. The molecule has 0 spiro atoms. The van der Waals surface area contributed by atoms with Crippen molar-refractivity contribution >= 4 is 23.3 Å². The number of carbonyl (C=O) groups excluding carboxylic acids is 1. The second-order valence-electron chi connectivity index (χ2n) is 4.52. The molecule has 0 aromatic carbocycles. The molecule has 0 radical (unpaired) electrons. The topological polar surface area (TPSA) is 49.8 Å². The van der Waals surface area contributed by atoms with E-state index >= 15 is 0 Å². The third-order valence-corrected chi connectivity index (χ3v) is 3.96. The van der Waals surface area contributed by atoms with E-state index in [1.165, 1.54) is 11.3 Å². The van der Waals surface area contributed by atoms with Crippen molar-refractivity contribution in [3.63, 3.8) is 0 Å². The Morgan fingerprint density at radius 2 is 2.29 bits per heavy atom. The first-order valence-corrected chi connectivity index (χ1v) is 6.56. The lowest BCUT2D eigenvalue weighted by Crippen LogP contribution is -2.45. The van der Waals surface area contributed by atoms with E-state index in [-0.39, 0.29) is 0 Å². The van der Waals surface area contributed by atoms with Gasteiger partial charge in [0, 0.05) is 50.7 Å². The zero-order valence-corrected chi connectivity index (χ0v) is 10.7. The molecule has 5 heteroatoms. The molecule has 0 aliphatic carbocycles. The van der Waals surface area contributed by atoms with Crippen LogP contribution in [0.3, 0.4) is 0 Å². The Labute approximate surface area is 105 Å². The smallest absolute Gasteiger partial charge is 0.160 e. The molecule has 17 heavy (non-hydrogen) atoms. The van der Waals surface area contributed by atoms with E-state index < -0.39 is 5.60 Å². The molecule has 0 atom stereocenters. The number of anilines is 1. The van der Waals surface area contributed by atoms with Gasteiger partial charge in [-0.05, 0) is 6.07 Å². The lowest BCUT2D eigenvalue weighted by atomic mass is 9.94. The molecule has 1 aliphatic heterocycles. The third-order valence-electron chi connectivity index (χ3n) is 3.12. The molecule has 1 N–H and O–H groups in total. The highest BCUT2D eigenvalue weighted by Crippen LogP contribution is 2.26. The maximum atomic E-state index is 10.6. The number of aliphatic hydroxyl groups is 1. The zero-order chi connectivity index (χ0) is 12.3. The average molecular weight is 255 g/mol. The van der Waals surface area contributed by atoms with E-state index in [9.17, 15) is 9.90 Å². The molecule has 1 aromatic heterocycles. The highest BCUT2D eigenvalue weighted by molar-refractivity contribution is 7.12.